The van der Waals surface area contributed by atoms with Gasteiger partial charge in [-0.3, -0.25) is 0 Å². The zero-order valence-electron chi connectivity index (χ0n) is 19.8. The average molecular weight is 471 g/mol. The zero-order valence-corrected chi connectivity index (χ0v) is 19.8. The molecule has 0 radical (unpaired) electrons. The van der Waals surface area contributed by atoms with Gasteiger partial charge in [0.15, 0.2) is 0 Å². The summed E-state index contributed by atoms with van der Waals surface area (Å²) in [4.78, 5) is 16.3. The summed E-state index contributed by atoms with van der Waals surface area (Å²) in [7, 11) is 0. The summed E-state index contributed by atoms with van der Waals surface area (Å²) < 4.78 is 40.3. The van der Waals surface area contributed by atoms with Crippen LogP contribution in [0.3, 0.4) is 0 Å². The molecule has 2 saturated heterocycles. The summed E-state index contributed by atoms with van der Waals surface area (Å²) in [5, 5.41) is 7.64. The van der Waals surface area contributed by atoms with Crippen molar-refractivity contribution in [3.05, 3.63) is 52.5 Å². The number of halogens is 3. The molecule has 9 heteroatoms. The standard InChI is InChI=1S/C25H29F3N6/c1-14-18(6-5-7-20(14)25(26,27)28)15(2)31-23-19-10-21(30-16(3)22(19)32-17(4)33-23)34-12-24(13-34)8-9-29-11-24/h5-7,10,15,29H,8-9,11-13H2,1-4H3,(H,31,32,33)/t15-/m1/s1. The van der Waals surface area contributed by atoms with Gasteiger partial charge < -0.3 is 15.5 Å². The van der Waals surface area contributed by atoms with Crippen LogP contribution < -0.4 is 15.5 Å². The molecule has 3 aromatic rings. The number of nitrogens with one attached hydrogen (secondary N) is 2. The third kappa shape index (κ3) is 3.96. The predicted octanol–water partition coefficient (Wildman–Crippen LogP) is 4.94. The highest BCUT2D eigenvalue weighted by Crippen LogP contribution is 2.40. The minimum Gasteiger partial charge on any atom is -0.363 e. The number of benzene rings is 1. The molecule has 0 aliphatic carbocycles. The van der Waals surface area contributed by atoms with Crippen LogP contribution in [-0.4, -0.2) is 41.1 Å². The van der Waals surface area contributed by atoms with E-state index in [9.17, 15) is 13.2 Å². The van der Waals surface area contributed by atoms with Gasteiger partial charge in [-0.15, -0.1) is 0 Å². The number of anilines is 2. The van der Waals surface area contributed by atoms with Gasteiger partial charge in [0, 0.05) is 30.4 Å². The Bertz CT molecular complexity index is 1240. The molecule has 0 unspecified atom stereocenters. The Balaban J connectivity index is 1.49. The summed E-state index contributed by atoms with van der Waals surface area (Å²) in [6.45, 7) is 11.2. The molecule has 180 valence electrons. The van der Waals surface area contributed by atoms with Crippen molar-refractivity contribution in [2.75, 3.05) is 36.4 Å². The van der Waals surface area contributed by atoms with Crippen LogP contribution in [0.4, 0.5) is 24.8 Å². The number of hydrogen-bond acceptors (Lipinski definition) is 6. The largest absolute Gasteiger partial charge is 0.416 e. The van der Waals surface area contributed by atoms with Crippen LogP contribution in [0.15, 0.2) is 24.3 Å². The Morgan fingerprint density at radius 1 is 1.12 bits per heavy atom. The first-order chi connectivity index (χ1) is 16.1. The van der Waals surface area contributed by atoms with E-state index in [2.05, 4.69) is 25.5 Å². The van der Waals surface area contributed by atoms with Gasteiger partial charge in [0.2, 0.25) is 0 Å². The molecule has 0 bridgehead atoms. The minimum atomic E-state index is -4.39. The number of nitrogens with zero attached hydrogens (tertiary/aromatic N) is 4. The van der Waals surface area contributed by atoms with E-state index in [1.165, 1.54) is 19.4 Å². The summed E-state index contributed by atoms with van der Waals surface area (Å²) in [6, 6.07) is 5.93. The smallest absolute Gasteiger partial charge is 0.363 e. The topological polar surface area (TPSA) is 66.0 Å². The van der Waals surface area contributed by atoms with Gasteiger partial charge in [-0.2, -0.15) is 13.2 Å². The fraction of sp³-hybridized carbons (Fsp3) is 0.480. The highest BCUT2D eigenvalue weighted by Gasteiger charge is 2.45. The second-order valence-electron chi connectivity index (χ2n) is 9.75. The monoisotopic (exact) mass is 470 g/mol. The Morgan fingerprint density at radius 3 is 2.56 bits per heavy atom. The first-order valence-electron chi connectivity index (χ1n) is 11.6. The molecule has 2 aliphatic rings. The van der Waals surface area contributed by atoms with Crippen molar-refractivity contribution >= 4 is 22.5 Å². The lowest BCUT2D eigenvalue weighted by Crippen LogP contribution is -2.57. The summed E-state index contributed by atoms with van der Waals surface area (Å²) in [6.07, 6.45) is -3.21. The fourth-order valence-corrected chi connectivity index (χ4v) is 5.36. The van der Waals surface area contributed by atoms with Crippen molar-refractivity contribution in [3.8, 4) is 0 Å². The number of aryl methyl sites for hydroxylation is 2. The predicted molar refractivity (Wildman–Crippen MR) is 127 cm³/mol. The Labute approximate surface area is 197 Å². The molecule has 0 amide bonds. The van der Waals surface area contributed by atoms with Crippen LogP contribution in [-0.2, 0) is 6.18 Å². The molecule has 0 saturated carbocycles. The van der Waals surface area contributed by atoms with E-state index < -0.39 is 11.7 Å². The molecule has 4 heterocycles. The maximum absolute atomic E-state index is 13.4. The van der Waals surface area contributed by atoms with E-state index in [1.54, 1.807) is 6.07 Å². The summed E-state index contributed by atoms with van der Waals surface area (Å²) in [5.74, 6) is 2.08. The van der Waals surface area contributed by atoms with Gasteiger partial charge >= 0.3 is 6.18 Å². The molecule has 5 rings (SSSR count). The molecule has 2 aromatic heterocycles. The minimum absolute atomic E-state index is 0.222. The maximum Gasteiger partial charge on any atom is 0.416 e. The van der Waals surface area contributed by atoms with Crippen molar-refractivity contribution in [1.29, 1.82) is 0 Å². The second kappa shape index (κ2) is 8.08. The van der Waals surface area contributed by atoms with Crippen LogP contribution in [0.5, 0.6) is 0 Å². The van der Waals surface area contributed by atoms with E-state index in [4.69, 9.17) is 4.98 Å². The SMILES string of the molecule is Cc1nc(N[C@H](C)c2cccc(C(F)(F)F)c2C)c2cc(N3CC4(CCNC4)C3)nc(C)c2n1. The summed E-state index contributed by atoms with van der Waals surface area (Å²) in [5.41, 5.74) is 2.10. The molecular weight excluding hydrogens is 441 g/mol. The number of rotatable bonds is 4. The van der Waals surface area contributed by atoms with E-state index >= 15 is 0 Å². The molecule has 1 atom stereocenters. The number of pyridine rings is 1. The molecule has 1 aromatic carbocycles. The second-order valence-corrected chi connectivity index (χ2v) is 9.75. The fourth-order valence-electron chi connectivity index (χ4n) is 5.36. The average Bonchev–Trinajstić information content (AvgIpc) is 3.23. The lowest BCUT2D eigenvalue weighted by molar-refractivity contribution is -0.138. The lowest BCUT2D eigenvalue weighted by Gasteiger charge is -2.48. The lowest BCUT2D eigenvalue weighted by atomic mass is 9.79. The number of hydrogen-bond donors (Lipinski definition) is 2. The van der Waals surface area contributed by atoms with Gasteiger partial charge in [-0.05, 0) is 63.9 Å². The first-order valence-corrected chi connectivity index (χ1v) is 11.6. The molecule has 6 nitrogen and oxygen atoms in total. The van der Waals surface area contributed by atoms with Crippen molar-refractivity contribution in [3.63, 3.8) is 0 Å². The van der Waals surface area contributed by atoms with Gasteiger partial charge in [-0.25, -0.2) is 15.0 Å². The van der Waals surface area contributed by atoms with Crippen molar-refractivity contribution in [2.24, 2.45) is 5.41 Å². The number of aromatic nitrogens is 3. The highest BCUT2D eigenvalue weighted by molar-refractivity contribution is 5.92. The van der Waals surface area contributed by atoms with E-state index in [1.807, 2.05) is 26.8 Å². The molecule has 2 N–H and O–H groups in total. The van der Waals surface area contributed by atoms with Crippen molar-refractivity contribution in [2.45, 2.75) is 46.3 Å². The van der Waals surface area contributed by atoms with Gasteiger partial charge in [0.25, 0.3) is 0 Å². The number of fused-ring (bicyclic) bond motifs is 1. The van der Waals surface area contributed by atoms with Crippen molar-refractivity contribution in [1.82, 2.24) is 20.3 Å². The first kappa shape index (κ1) is 22.8. The van der Waals surface area contributed by atoms with Crippen LogP contribution in [0.1, 0.15) is 47.6 Å². The molecular formula is C25H29F3N6. The van der Waals surface area contributed by atoms with Gasteiger partial charge in [0.05, 0.1) is 22.8 Å². The van der Waals surface area contributed by atoms with Crippen LogP contribution in [0.2, 0.25) is 0 Å². The maximum atomic E-state index is 13.4. The molecule has 2 aliphatic heterocycles. The van der Waals surface area contributed by atoms with Crippen molar-refractivity contribution < 1.29 is 13.2 Å². The van der Waals surface area contributed by atoms with Gasteiger partial charge in [-0.1, -0.05) is 12.1 Å². The van der Waals surface area contributed by atoms with Crippen LogP contribution in [0, 0.1) is 26.2 Å². The third-order valence-corrected chi connectivity index (χ3v) is 7.17. The molecule has 34 heavy (non-hydrogen) atoms. The Hall–Kier alpha value is -2.94. The van der Waals surface area contributed by atoms with E-state index in [0.717, 1.165) is 54.7 Å². The normalized spacial score (nSPS) is 18.4. The molecule has 2 fully saturated rings. The number of alkyl halides is 3. The van der Waals surface area contributed by atoms with Crippen LogP contribution >= 0.6 is 0 Å². The molecule has 1 spiro atoms. The Morgan fingerprint density at radius 2 is 1.88 bits per heavy atom. The van der Waals surface area contributed by atoms with E-state index in [-0.39, 0.29) is 11.6 Å². The summed E-state index contributed by atoms with van der Waals surface area (Å²) >= 11 is 0. The van der Waals surface area contributed by atoms with Gasteiger partial charge in [0.1, 0.15) is 17.5 Å². The van der Waals surface area contributed by atoms with E-state index in [0.29, 0.717) is 22.6 Å². The van der Waals surface area contributed by atoms with Crippen LogP contribution in [0.25, 0.3) is 10.9 Å². The Kier molecular flexibility index (Phi) is 5.42. The third-order valence-electron chi connectivity index (χ3n) is 7.17. The highest BCUT2D eigenvalue weighted by atomic mass is 19.4. The zero-order chi connectivity index (χ0) is 24.3. The quantitative estimate of drug-likeness (QED) is 0.563.